The van der Waals surface area contributed by atoms with Crippen LogP contribution in [0.15, 0.2) is 42.5 Å². The van der Waals surface area contributed by atoms with Gasteiger partial charge in [0.1, 0.15) is 12.4 Å². The number of benzene rings is 2. The van der Waals surface area contributed by atoms with Crippen LogP contribution in [0.25, 0.3) is 11.0 Å². The predicted molar refractivity (Wildman–Crippen MR) is 101 cm³/mol. The van der Waals surface area contributed by atoms with E-state index in [1.807, 2.05) is 0 Å². The second-order valence-electron chi connectivity index (χ2n) is 6.47. The first-order valence-electron chi connectivity index (χ1n) is 8.84. The SMILES string of the molecule is CC(=O)Nc1ccc(C(=O)COC(=O)Cn2c(C(F)(F)F)nc3ccccc32)c(F)c1. The van der Waals surface area contributed by atoms with Crippen LogP contribution in [0.2, 0.25) is 0 Å². The molecule has 2 aromatic carbocycles. The van der Waals surface area contributed by atoms with Crippen LogP contribution in [0.4, 0.5) is 23.2 Å². The molecular formula is C20H15F4N3O4. The van der Waals surface area contributed by atoms with E-state index < -0.39 is 54.2 Å². The van der Waals surface area contributed by atoms with E-state index >= 15 is 0 Å². The number of aromatic nitrogens is 2. The highest BCUT2D eigenvalue weighted by atomic mass is 19.4. The summed E-state index contributed by atoms with van der Waals surface area (Å²) >= 11 is 0. The van der Waals surface area contributed by atoms with Crippen molar-refractivity contribution in [3.8, 4) is 0 Å². The highest BCUT2D eigenvalue weighted by Crippen LogP contribution is 2.31. The molecule has 0 saturated carbocycles. The number of imidazole rings is 1. The van der Waals surface area contributed by atoms with Gasteiger partial charge in [-0.05, 0) is 30.3 Å². The maximum Gasteiger partial charge on any atom is 0.449 e. The van der Waals surface area contributed by atoms with Gasteiger partial charge in [-0.25, -0.2) is 9.37 Å². The van der Waals surface area contributed by atoms with Crippen molar-refractivity contribution in [1.29, 1.82) is 0 Å². The van der Waals surface area contributed by atoms with Gasteiger partial charge in [0.2, 0.25) is 17.5 Å². The fourth-order valence-corrected chi connectivity index (χ4v) is 2.87. The Bertz CT molecular complexity index is 1170. The fraction of sp³-hybridized carbons (Fsp3) is 0.200. The molecular weight excluding hydrogens is 422 g/mol. The van der Waals surface area contributed by atoms with Crippen molar-refractivity contribution in [1.82, 2.24) is 9.55 Å². The number of ether oxygens (including phenoxy) is 1. The second-order valence-corrected chi connectivity index (χ2v) is 6.47. The molecule has 31 heavy (non-hydrogen) atoms. The summed E-state index contributed by atoms with van der Waals surface area (Å²) in [6.07, 6.45) is -4.81. The smallest absolute Gasteiger partial charge is 0.449 e. The highest BCUT2D eigenvalue weighted by molar-refractivity contribution is 5.99. The first-order valence-corrected chi connectivity index (χ1v) is 8.84. The first kappa shape index (κ1) is 21.9. The molecule has 0 fully saturated rings. The second kappa shape index (κ2) is 8.54. The van der Waals surface area contributed by atoms with Gasteiger partial charge in [0.05, 0.1) is 16.6 Å². The molecule has 3 aromatic rings. The van der Waals surface area contributed by atoms with Gasteiger partial charge in [0.15, 0.2) is 6.61 Å². The normalized spacial score (nSPS) is 11.4. The Labute approximate surface area is 172 Å². The largest absolute Gasteiger partial charge is 0.456 e. The number of hydrogen-bond donors (Lipinski definition) is 1. The van der Waals surface area contributed by atoms with Crippen molar-refractivity contribution in [2.24, 2.45) is 0 Å². The molecule has 1 aromatic heterocycles. The van der Waals surface area contributed by atoms with Crippen LogP contribution in [0.1, 0.15) is 23.1 Å². The lowest BCUT2D eigenvalue weighted by Gasteiger charge is -2.11. The molecule has 0 unspecified atom stereocenters. The summed E-state index contributed by atoms with van der Waals surface area (Å²) < 4.78 is 59.3. The molecule has 11 heteroatoms. The summed E-state index contributed by atoms with van der Waals surface area (Å²) in [5.41, 5.74) is -0.158. The zero-order valence-corrected chi connectivity index (χ0v) is 16.0. The van der Waals surface area contributed by atoms with E-state index in [2.05, 4.69) is 10.3 Å². The summed E-state index contributed by atoms with van der Waals surface area (Å²) in [6.45, 7) is -0.486. The number of carbonyl (C=O) groups is 3. The molecule has 0 radical (unpaired) electrons. The number of ketones is 1. The standard InChI is InChI=1S/C20H15F4N3O4/c1-11(28)25-12-6-7-13(14(21)8-12)17(29)10-31-18(30)9-27-16-5-3-2-4-15(16)26-19(27)20(22,23)24/h2-8H,9-10H2,1H3,(H,25,28). The van der Waals surface area contributed by atoms with E-state index in [4.69, 9.17) is 4.74 Å². The molecule has 1 heterocycles. The number of anilines is 1. The summed E-state index contributed by atoms with van der Waals surface area (Å²) in [6, 6.07) is 9.02. The zero-order chi connectivity index (χ0) is 22.8. The number of nitrogens with one attached hydrogen (secondary N) is 1. The predicted octanol–water partition coefficient (Wildman–Crippen LogP) is 3.58. The van der Waals surface area contributed by atoms with E-state index in [1.165, 1.54) is 37.3 Å². The molecule has 162 valence electrons. The molecule has 0 aliphatic rings. The average Bonchev–Trinajstić information content (AvgIpc) is 3.05. The Morgan fingerprint density at radius 2 is 1.84 bits per heavy atom. The monoisotopic (exact) mass is 437 g/mol. The van der Waals surface area contributed by atoms with E-state index in [-0.39, 0.29) is 16.7 Å². The molecule has 1 N–H and O–H groups in total. The number of esters is 1. The van der Waals surface area contributed by atoms with Crippen LogP contribution in [0.5, 0.6) is 0 Å². The van der Waals surface area contributed by atoms with Gasteiger partial charge in [-0.1, -0.05) is 12.1 Å². The number of amides is 1. The highest BCUT2D eigenvalue weighted by Gasteiger charge is 2.38. The lowest BCUT2D eigenvalue weighted by Crippen LogP contribution is -2.22. The van der Waals surface area contributed by atoms with Gasteiger partial charge < -0.3 is 14.6 Å². The molecule has 0 aliphatic carbocycles. The Balaban J connectivity index is 1.71. The minimum atomic E-state index is -4.81. The van der Waals surface area contributed by atoms with Crippen molar-refractivity contribution in [3.63, 3.8) is 0 Å². The third-order valence-electron chi connectivity index (χ3n) is 4.15. The van der Waals surface area contributed by atoms with Crippen LogP contribution in [-0.2, 0) is 27.0 Å². The Kier molecular flexibility index (Phi) is 6.04. The molecule has 0 saturated heterocycles. The molecule has 7 nitrogen and oxygen atoms in total. The fourth-order valence-electron chi connectivity index (χ4n) is 2.87. The van der Waals surface area contributed by atoms with Crippen LogP contribution in [0.3, 0.4) is 0 Å². The van der Waals surface area contributed by atoms with E-state index in [9.17, 15) is 31.9 Å². The average molecular weight is 437 g/mol. The maximum absolute atomic E-state index is 14.1. The van der Waals surface area contributed by atoms with Gasteiger partial charge in [-0.15, -0.1) is 0 Å². The van der Waals surface area contributed by atoms with Crippen LogP contribution in [0, 0.1) is 5.82 Å². The van der Waals surface area contributed by atoms with Gasteiger partial charge in [-0.3, -0.25) is 14.4 Å². The van der Waals surface area contributed by atoms with Crippen molar-refractivity contribution >= 4 is 34.4 Å². The third-order valence-corrected chi connectivity index (χ3v) is 4.15. The number of alkyl halides is 3. The van der Waals surface area contributed by atoms with Crippen LogP contribution in [-0.4, -0.2) is 33.8 Å². The number of carbonyl (C=O) groups excluding carboxylic acids is 3. The van der Waals surface area contributed by atoms with Gasteiger partial charge >= 0.3 is 12.1 Å². The first-order chi connectivity index (χ1) is 14.6. The Morgan fingerprint density at radius 3 is 2.48 bits per heavy atom. The number of rotatable bonds is 6. The van der Waals surface area contributed by atoms with Gasteiger partial charge in [0.25, 0.3) is 0 Å². The third kappa shape index (κ3) is 5.05. The van der Waals surface area contributed by atoms with Gasteiger partial charge in [0, 0.05) is 12.6 Å². The number of hydrogen-bond acceptors (Lipinski definition) is 5. The van der Waals surface area contributed by atoms with Gasteiger partial charge in [-0.2, -0.15) is 13.2 Å². The molecule has 1 amide bonds. The molecule has 0 atom stereocenters. The van der Waals surface area contributed by atoms with E-state index in [0.29, 0.717) is 4.57 Å². The lowest BCUT2D eigenvalue weighted by molar-refractivity contribution is -0.150. The molecule has 0 bridgehead atoms. The lowest BCUT2D eigenvalue weighted by atomic mass is 10.1. The minimum absolute atomic E-state index is 0.0417. The van der Waals surface area contributed by atoms with E-state index in [0.717, 1.165) is 12.1 Å². The maximum atomic E-state index is 14.1. The topological polar surface area (TPSA) is 90.3 Å². The molecule has 0 spiro atoms. The number of halogens is 4. The summed E-state index contributed by atoms with van der Waals surface area (Å²) in [5, 5.41) is 2.34. The molecule has 3 rings (SSSR count). The van der Waals surface area contributed by atoms with Crippen molar-refractivity contribution in [2.45, 2.75) is 19.6 Å². The zero-order valence-electron chi connectivity index (χ0n) is 16.0. The number of nitrogens with zero attached hydrogens (tertiary/aromatic N) is 2. The minimum Gasteiger partial charge on any atom is -0.456 e. The van der Waals surface area contributed by atoms with Crippen LogP contribution < -0.4 is 5.32 Å². The summed E-state index contributed by atoms with van der Waals surface area (Å²) in [5.74, 6) is -4.69. The van der Waals surface area contributed by atoms with Crippen molar-refractivity contribution in [2.75, 3.05) is 11.9 Å². The quantitative estimate of drug-likeness (QED) is 0.362. The van der Waals surface area contributed by atoms with Crippen molar-refractivity contribution < 1.29 is 36.7 Å². The Morgan fingerprint density at radius 1 is 1.13 bits per heavy atom. The Hall–Kier alpha value is -3.76. The number of para-hydroxylation sites is 2. The number of Topliss-reactive ketones (excluding diaryl/α,β-unsaturated/α-hetero) is 1. The van der Waals surface area contributed by atoms with Crippen LogP contribution >= 0.6 is 0 Å². The molecule has 0 aliphatic heterocycles. The van der Waals surface area contributed by atoms with Crippen molar-refractivity contribution in [3.05, 3.63) is 59.7 Å². The summed E-state index contributed by atoms with van der Waals surface area (Å²) in [7, 11) is 0. The number of fused-ring (bicyclic) bond motifs is 1. The van der Waals surface area contributed by atoms with E-state index in [1.54, 1.807) is 0 Å². The summed E-state index contributed by atoms with van der Waals surface area (Å²) in [4.78, 5) is 38.7.